The van der Waals surface area contributed by atoms with Gasteiger partial charge in [-0.15, -0.1) is 0 Å². The predicted octanol–water partition coefficient (Wildman–Crippen LogP) is 4.52. The number of hydrogen-bond donors (Lipinski definition) is 1. The van der Waals surface area contributed by atoms with E-state index in [1.54, 1.807) is 10.9 Å². The van der Waals surface area contributed by atoms with Gasteiger partial charge in [0.15, 0.2) is 0 Å². The Morgan fingerprint density at radius 1 is 0.967 bits per heavy atom. The minimum atomic E-state index is -0.152. The van der Waals surface area contributed by atoms with E-state index >= 15 is 0 Å². The van der Waals surface area contributed by atoms with Gasteiger partial charge >= 0.3 is 0 Å². The fraction of sp³-hybridized carbons (Fsp3) is 0.160. The summed E-state index contributed by atoms with van der Waals surface area (Å²) in [5.74, 6) is -0.152. The van der Waals surface area contributed by atoms with Crippen molar-refractivity contribution in [3.63, 3.8) is 0 Å². The first-order valence-corrected chi connectivity index (χ1v) is 10.0. The second-order valence-corrected chi connectivity index (χ2v) is 7.31. The van der Waals surface area contributed by atoms with E-state index in [0.29, 0.717) is 18.7 Å². The van der Waals surface area contributed by atoms with Crippen LogP contribution in [0.5, 0.6) is 0 Å². The maximum absolute atomic E-state index is 13.1. The van der Waals surface area contributed by atoms with E-state index in [4.69, 9.17) is 5.10 Å². The molecule has 0 fully saturated rings. The van der Waals surface area contributed by atoms with E-state index in [2.05, 4.69) is 23.3 Å². The van der Waals surface area contributed by atoms with Gasteiger partial charge < -0.3 is 5.32 Å². The number of amides is 1. The summed E-state index contributed by atoms with van der Waals surface area (Å²) >= 11 is 0. The molecular weight excluding hydrogens is 372 g/mol. The van der Waals surface area contributed by atoms with Gasteiger partial charge in [0.05, 0.1) is 11.4 Å². The van der Waals surface area contributed by atoms with Gasteiger partial charge in [-0.25, -0.2) is 4.68 Å². The predicted molar refractivity (Wildman–Crippen MR) is 119 cm³/mol. The Labute approximate surface area is 176 Å². The van der Waals surface area contributed by atoms with E-state index in [0.717, 1.165) is 28.2 Å². The quantitative estimate of drug-likeness (QED) is 0.521. The molecule has 0 aliphatic carbocycles. The van der Waals surface area contributed by atoms with Crippen molar-refractivity contribution in [1.82, 2.24) is 20.1 Å². The summed E-state index contributed by atoms with van der Waals surface area (Å²) in [5, 5.41) is 7.79. The Kier molecular flexibility index (Phi) is 5.70. The molecule has 0 saturated heterocycles. The molecule has 0 aliphatic heterocycles. The van der Waals surface area contributed by atoms with Crippen molar-refractivity contribution < 1.29 is 4.79 Å². The number of nitrogens with zero attached hydrogens (tertiary/aromatic N) is 3. The molecule has 4 rings (SSSR count). The molecule has 0 saturated carbocycles. The molecule has 4 aromatic rings. The van der Waals surface area contributed by atoms with Crippen LogP contribution in [0.2, 0.25) is 0 Å². The number of aryl methyl sites for hydroxylation is 2. The summed E-state index contributed by atoms with van der Waals surface area (Å²) in [7, 11) is 0. The van der Waals surface area contributed by atoms with Crippen LogP contribution in [0, 0.1) is 13.8 Å². The number of aromatic nitrogens is 3. The number of rotatable bonds is 6. The average molecular weight is 396 g/mol. The Balaban J connectivity index is 1.64. The summed E-state index contributed by atoms with van der Waals surface area (Å²) in [6.07, 6.45) is 2.44. The van der Waals surface area contributed by atoms with E-state index in [1.807, 2.05) is 73.7 Å². The summed E-state index contributed by atoms with van der Waals surface area (Å²) in [6, 6.07) is 23.7. The normalized spacial score (nSPS) is 10.7. The molecule has 150 valence electrons. The zero-order valence-corrected chi connectivity index (χ0v) is 17.2. The highest BCUT2D eigenvalue weighted by molar-refractivity contribution is 5.94. The molecule has 2 aromatic heterocycles. The number of benzene rings is 2. The monoisotopic (exact) mass is 396 g/mol. The van der Waals surface area contributed by atoms with Crippen LogP contribution in [-0.2, 0) is 6.42 Å². The topological polar surface area (TPSA) is 59.8 Å². The molecular formula is C25H24N4O. The minimum absolute atomic E-state index is 0.152. The Morgan fingerprint density at radius 2 is 1.77 bits per heavy atom. The van der Waals surface area contributed by atoms with Crippen molar-refractivity contribution in [3.8, 4) is 16.9 Å². The lowest BCUT2D eigenvalue weighted by molar-refractivity contribution is 0.0946. The maximum Gasteiger partial charge on any atom is 0.270 e. The molecule has 2 aromatic carbocycles. The highest BCUT2D eigenvalue weighted by Gasteiger charge is 2.18. The molecule has 5 nitrogen and oxygen atoms in total. The summed E-state index contributed by atoms with van der Waals surface area (Å²) in [6.45, 7) is 4.60. The first-order chi connectivity index (χ1) is 14.6. The SMILES string of the molecule is Cc1ccc(-n2nc(-c3ccccc3)cc2C(=O)NCCc2ccccn2)c(C)c1. The van der Waals surface area contributed by atoms with Gasteiger partial charge in [-0.2, -0.15) is 5.10 Å². The zero-order valence-electron chi connectivity index (χ0n) is 17.2. The molecule has 5 heteroatoms. The number of nitrogens with one attached hydrogen (secondary N) is 1. The molecule has 0 atom stereocenters. The van der Waals surface area contributed by atoms with Gasteiger partial charge in [0, 0.05) is 30.4 Å². The molecule has 2 heterocycles. The van der Waals surface area contributed by atoms with Crippen LogP contribution in [0.4, 0.5) is 0 Å². The number of carbonyl (C=O) groups is 1. The Bertz CT molecular complexity index is 1150. The first-order valence-electron chi connectivity index (χ1n) is 10.0. The molecule has 0 radical (unpaired) electrons. The fourth-order valence-corrected chi connectivity index (χ4v) is 3.46. The van der Waals surface area contributed by atoms with Gasteiger partial charge in [-0.1, -0.05) is 54.1 Å². The summed E-state index contributed by atoms with van der Waals surface area (Å²) in [4.78, 5) is 17.4. The fourth-order valence-electron chi connectivity index (χ4n) is 3.46. The third kappa shape index (κ3) is 4.30. The highest BCUT2D eigenvalue weighted by Crippen LogP contribution is 2.23. The van der Waals surface area contributed by atoms with Crippen molar-refractivity contribution in [2.24, 2.45) is 0 Å². The minimum Gasteiger partial charge on any atom is -0.350 e. The Hall–Kier alpha value is -3.73. The number of hydrogen-bond acceptors (Lipinski definition) is 3. The van der Waals surface area contributed by atoms with Gasteiger partial charge in [0.1, 0.15) is 5.69 Å². The molecule has 0 spiro atoms. The second-order valence-electron chi connectivity index (χ2n) is 7.31. The van der Waals surface area contributed by atoms with Crippen LogP contribution in [-0.4, -0.2) is 27.2 Å². The molecule has 0 aliphatic rings. The average Bonchev–Trinajstić information content (AvgIpc) is 3.20. The molecule has 1 N–H and O–H groups in total. The van der Waals surface area contributed by atoms with Crippen LogP contribution >= 0.6 is 0 Å². The van der Waals surface area contributed by atoms with Gasteiger partial charge in [-0.05, 0) is 43.7 Å². The van der Waals surface area contributed by atoms with Gasteiger partial charge in [0.2, 0.25) is 0 Å². The summed E-state index contributed by atoms with van der Waals surface area (Å²) in [5.41, 5.74) is 6.35. The van der Waals surface area contributed by atoms with Crippen molar-refractivity contribution in [3.05, 3.63) is 102 Å². The van der Waals surface area contributed by atoms with Crippen LogP contribution in [0.15, 0.2) is 79.0 Å². The van der Waals surface area contributed by atoms with E-state index < -0.39 is 0 Å². The van der Waals surface area contributed by atoms with Gasteiger partial charge in [0.25, 0.3) is 5.91 Å². The lowest BCUT2D eigenvalue weighted by atomic mass is 10.1. The smallest absolute Gasteiger partial charge is 0.270 e. The van der Waals surface area contributed by atoms with E-state index in [1.165, 1.54) is 5.56 Å². The van der Waals surface area contributed by atoms with Crippen molar-refractivity contribution >= 4 is 5.91 Å². The molecule has 0 bridgehead atoms. The van der Waals surface area contributed by atoms with Gasteiger partial charge in [-0.3, -0.25) is 9.78 Å². The van der Waals surface area contributed by atoms with Crippen LogP contribution in [0.1, 0.15) is 27.3 Å². The summed E-state index contributed by atoms with van der Waals surface area (Å²) < 4.78 is 1.74. The van der Waals surface area contributed by atoms with Crippen LogP contribution in [0.3, 0.4) is 0 Å². The second kappa shape index (κ2) is 8.74. The van der Waals surface area contributed by atoms with Crippen molar-refractivity contribution in [2.75, 3.05) is 6.54 Å². The third-order valence-corrected chi connectivity index (χ3v) is 4.98. The van der Waals surface area contributed by atoms with E-state index in [-0.39, 0.29) is 5.91 Å². The van der Waals surface area contributed by atoms with E-state index in [9.17, 15) is 4.79 Å². The Morgan fingerprint density at radius 3 is 2.50 bits per heavy atom. The van der Waals surface area contributed by atoms with Crippen molar-refractivity contribution in [1.29, 1.82) is 0 Å². The first kappa shape index (κ1) is 19.6. The third-order valence-electron chi connectivity index (χ3n) is 4.98. The molecule has 1 amide bonds. The van der Waals surface area contributed by atoms with Crippen LogP contribution < -0.4 is 5.32 Å². The van der Waals surface area contributed by atoms with Crippen molar-refractivity contribution in [2.45, 2.75) is 20.3 Å². The lowest BCUT2D eigenvalue weighted by Gasteiger charge is -2.11. The number of pyridine rings is 1. The molecule has 30 heavy (non-hydrogen) atoms. The number of carbonyl (C=O) groups excluding carboxylic acids is 1. The highest BCUT2D eigenvalue weighted by atomic mass is 16.2. The standard InChI is InChI=1S/C25H24N4O/c1-18-11-12-23(19(2)16-18)29-24(17-22(28-29)20-8-4-3-5-9-20)25(30)27-15-13-21-10-6-7-14-26-21/h3-12,14,16-17H,13,15H2,1-2H3,(H,27,30). The lowest BCUT2D eigenvalue weighted by Crippen LogP contribution is -2.28. The maximum atomic E-state index is 13.1. The molecule has 0 unspecified atom stereocenters. The largest absolute Gasteiger partial charge is 0.350 e. The van der Waals surface area contributed by atoms with Crippen LogP contribution in [0.25, 0.3) is 16.9 Å². The zero-order chi connectivity index (χ0) is 20.9.